The van der Waals surface area contributed by atoms with E-state index in [-0.39, 0.29) is 6.61 Å². The van der Waals surface area contributed by atoms with Crippen molar-refractivity contribution in [1.29, 1.82) is 0 Å². The van der Waals surface area contributed by atoms with Crippen molar-refractivity contribution in [1.82, 2.24) is 5.32 Å². The van der Waals surface area contributed by atoms with Crippen LogP contribution in [0.1, 0.15) is 25.3 Å². The van der Waals surface area contributed by atoms with Crippen LogP contribution < -0.4 is 10.1 Å². The van der Waals surface area contributed by atoms with E-state index in [1.807, 2.05) is 25.1 Å². The van der Waals surface area contributed by atoms with E-state index in [0.717, 1.165) is 10.2 Å². The average molecular weight is 314 g/mol. The fourth-order valence-electron chi connectivity index (χ4n) is 1.66. The maximum Gasteiger partial charge on any atom is 0.133 e. The number of benzene rings is 1. The van der Waals surface area contributed by atoms with Gasteiger partial charge in [-0.05, 0) is 60.3 Å². The van der Waals surface area contributed by atoms with Crippen LogP contribution in [-0.2, 0) is 0 Å². The number of aliphatic hydroxyl groups is 1. The normalized spacial score (nSPS) is 18.4. The Morgan fingerprint density at radius 1 is 1.50 bits per heavy atom. The Morgan fingerprint density at radius 3 is 2.83 bits per heavy atom. The number of rotatable bonds is 6. The first kappa shape index (κ1) is 13.8. The minimum absolute atomic E-state index is 0.286. The average Bonchev–Trinajstić information content (AvgIpc) is 3.09. The van der Waals surface area contributed by atoms with Gasteiger partial charge in [0.2, 0.25) is 0 Å². The molecule has 3 nitrogen and oxygen atoms in total. The summed E-state index contributed by atoms with van der Waals surface area (Å²) in [4.78, 5) is 0. The number of halogens is 1. The molecule has 1 aliphatic carbocycles. The molecule has 1 aromatic carbocycles. The molecule has 0 heterocycles. The van der Waals surface area contributed by atoms with E-state index in [4.69, 9.17) is 4.74 Å². The molecule has 1 atom stereocenters. The molecule has 100 valence electrons. The molecule has 4 heteroatoms. The first-order valence-electron chi connectivity index (χ1n) is 6.31. The van der Waals surface area contributed by atoms with Crippen LogP contribution in [0.25, 0.3) is 0 Å². The van der Waals surface area contributed by atoms with Gasteiger partial charge in [0.15, 0.2) is 0 Å². The maximum atomic E-state index is 10.2. The van der Waals surface area contributed by atoms with E-state index < -0.39 is 5.60 Å². The van der Waals surface area contributed by atoms with Gasteiger partial charge >= 0.3 is 0 Å². The molecule has 1 fully saturated rings. The van der Waals surface area contributed by atoms with Gasteiger partial charge in [-0.1, -0.05) is 6.07 Å². The van der Waals surface area contributed by atoms with Gasteiger partial charge in [-0.2, -0.15) is 0 Å². The fraction of sp³-hybridized carbons (Fsp3) is 0.571. The van der Waals surface area contributed by atoms with Crippen LogP contribution in [-0.4, -0.2) is 29.9 Å². The highest BCUT2D eigenvalue weighted by Crippen LogP contribution is 2.26. The predicted molar refractivity (Wildman–Crippen MR) is 76.0 cm³/mol. The topological polar surface area (TPSA) is 41.5 Å². The van der Waals surface area contributed by atoms with Crippen molar-refractivity contribution in [3.63, 3.8) is 0 Å². The number of nitrogens with one attached hydrogen (secondary N) is 1. The summed E-state index contributed by atoms with van der Waals surface area (Å²) in [6.07, 6.45) is 2.45. The Labute approximate surface area is 117 Å². The molecule has 0 bridgehead atoms. The molecule has 0 aliphatic heterocycles. The van der Waals surface area contributed by atoms with Crippen molar-refractivity contribution >= 4 is 15.9 Å². The second kappa shape index (κ2) is 5.59. The standard InChI is InChI=1S/C14H20BrNO2/c1-10-3-6-13(12(15)7-10)18-9-14(2,17)8-16-11-4-5-11/h3,6-7,11,16-17H,4-5,8-9H2,1-2H3. The summed E-state index contributed by atoms with van der Waals surface area (Å²) < 4.78 is 6.60. The van der Waals surface area contributed by atoms with Gasteiger partial charge in [0.25, 0.3) is 0 Å². The lowest BCUT2D eigenvalue weighted by molar-refractivity contribution is 0.0118. The summed E-state index contributed by atoms with van der Waals surface area (Å²) in [5.74, 6) is 0.771. The van der Waals surface area contributed by atoms with Crippen LogP contribution in [0.5, 0.6) is 5.75 Å². The molecule has 1 unspecified atom stereocenters. The molecule has 0 saturated heterocycles. The van der Waals surface area contributed by atoms with Crippen molar-refractivity contribution in [2.75, 3.05) is 13.2 Å². The molecule has 2 N–H and O–H groups in total. The summed E-state index contributed by atoms with van der Waals surface area (Å²) in [6, 6.07) is 6.52. The van der Waals surface area contributed by atoms with Crippen molar-refractivity contribution in [2.45, 2.75) is 38.3 Å². The van der Waals surface area contributed by atoms with E-state index in [2.05, 4.69) is 21.2 Å². The lowest BCUT2D eigenvalue weighted by atomic mass is 10.1. The molecule has 0 aromatic heterocycles. The highest BCUT2D eigenvalue weighted by atomic mass is 79.9. The van der Waals surface area contributed by atoms with Gasteiger partial charge in [-0.25, -0.2) is 0 Å². The SMILES string of the molecule is Cc1ccc(OCC(C)(O)CNC2CC2)c(Br)c1. The summed E-state index contributed by atoms with van der Waals surface area (Å²) in [5.41, 5.74) is 0.337. The maximum absolute atomic E-state index is 10.2. The molecule has 1 saturated carbocycles. The largest absolute Gasteiger partial charge is 0.489 e. The number of ether oxygens (including phenoxy) is 1. The Hall–Kier alpha value is -0.580. The Kier molecular flexibility index (Phi) is 4.30. The second-order valence-corrected chi connectivity index (χ2v) is 6.23. The lowest BCUT2D eigenvalue weighted by Crippen LogP contribution is -2.43. The molecule has 18 heavy (non-hydrogen) atoms. The zero-order chi connectivity index (χ0) is 13.2. The minimum atomic E-state index is -0.840. The molecule has 1 aliphatic rings. The van der Waals surface area contributed by atoms with Gasteiger partial charge in [0.1, 0.15) is 18.0 Å². The first-order chi connectivity index (χ1) is 8.46. The van der Waals surface area contributed by atoms with Crippen molar-refractivity contribution in [2.24, 2.45) is 0 Å². The van der Waals surface area contributed by atoms with Gasteiger partial charge in [0, 0.05) is 12.6 Å². The third kappa shape index (κ3) is 4.26. The van der Waals surface area contributed by atoms with E-state index in [9.17, 15) is 5.11 Å². The molecule has 1 aromatic rings. The quantitative estimate of drug-likeness (QED) is 0.848. The Balaban J connectivity index is 1.84. The Bertz CT molecular complexity index is 416. The molecule has 2 rings (SSSR count). The van der Waals surface area contributed by atoms with Crippen LogP contribution in [0.15, 0.2) is 22.7 Å². The summed E-state index contributed by atoms with van der Waals surface area (Å²) in [5, 5.41) is 13.5. The van der Waals surface area contributed by atoms with Gasteiger partial charge in [-0.15, -0.1) is 0 Å². The third-order valence-electron chi connectivity index (χ3n) is 2.97. The second-order valence-electron chi connectivity index (χ2n) is 5.37. The van der Waals surface area contributed by atoms with Crippen LogP contribution in [0, 0.1) is 6.92 Å². The third-order valence-corrected chi connectivity index (χ3v) is 3.59. The highest BCUT2D eigenvalue weighted by Gasteiger charge is 2.27. The van der Waals surface area contributed by atoms with E-state index in [1.165, 1.54) is 18.4 Å². The van der Waals surface area contributed by atoms with Gasteiger partial charge in [-0.3, -0.25) is 0 Å². The first-order valence-corrected chi connectivity index (χ1v) is 7.10. The number of aryl methyl sites for hydroxylation is 1. The van der Waals surface area contributed by atoms with Crippen LogP contribution in [0.3, 0.4) is 0 Å². The van der Waals surface area contributed by atoms with Crippen LogP contribution >= 0.6 is 15.9 Å². The van der Waals surface area contributed by atoms with Gasteiger partial charge in [0.05, 0.1) is 4.47 Å². The van der Waals surface area contributed by atoms with Gasteiger partial charge < -0.3 is 15.2 Å². The summed E-state index contributed by atoms with van der Waals surface area (Å²) in [6.45, 7) is 4.68. The molecule has 0 spiro atoms. The monoisotopic (exact) mass is 313 g/mol. The van der Waals surface area contributed by atoms with E-state index in [0.29, 0.717) is 12.6 Å². The molecule has 0 radical (unpaired) electrons. The lowest BCUT2D eigenvalue weighted by Gasteiger charge is -2.24. The van der Waals surface area contributed by atoms with E-state index >= 15 is 0 Å². The van der Waals surface area contributed by atoms with Crippen molar-refractivity contribution < 1.29 is 9.84 Å². The molecule has 0 amide bonds. The van der Waals surface area contributed by atoms with Crippen LogP contribution in [0.2, 0.25) is 0 Å². The predicted octanol–water partition coefficient (Wildman–Crippen LogP) is 2.64. The summed E-state index contributed by atoms with van der Waals surface area (Å²) >= 11 is 3.46. The highest BCUT2D eigenvalue weighted by molar-refractivity contribution is 9.10. The van der Waals surface area contributed by atoms with Crippen molar-refractivity contribution in [3.8, 4) is 5.75 Å². The zero-order valence-electron chi connectivity index (χ0n) is 10.9. The van der Waals surface area contributed by atoms with Crippen LogP contribution in [0.4, 0.5) is 0 Å². The number of hydrogen-bond acceptors (Lipinski definition) is 3. The van der Waals surface area contributed by atoms with Crippen molar-refractivity contribution in [3.05, 3.63) is 28.2 Å². The Morgan fingerprint density at radius 2 is 2.22 bits per heavy atom. The smallest absolute Gasteiger partial charge is 0.133 e. The molecular weight excluding hydrogens is 294 g/mol. The number of hydrogen-bond donors (Lipinski definition) is 2. The zero-order valence-corrected chi connectivity index (χ0v) is 12.5. The summed E-state index contributed by atoms with van der Waals surface area (Å²) in [7, 11) is 0. The van der Waals surface area contributed by atoms with E-state index in [1.54, 1.807) is 6.92 Å². The molecular formula is C14H20BrNO2. The fourth-order valence-corrected chi connectivity index (χ4v) is 2.27. The minimum Gasteiger partial charge on any atom is -0.489 e.